The number of fused-ring (bicyclic) bond motifs is 1. The van der Waals surface area contributed by atoms with E-state index in [1.165, 1.54) is 12.1 Å². The van der Waals surface area contributed by atoms with Gasteiger partial charge in [-0.3, -0.25) is 4.79 Å². The van der Waals surface area contributed by atoms with Gasteiger partial charge < -0.3 is 14.6 Å². The zero-order valence-electron chi connectivity index (χ0n) is 19.4. The fourth-order valence-electron chi connectivity index (χ4n) is 4.33. The van der Waals surface area contributed by atoms with E-state index in [4.69, 9.17) is 4.74 Å². The van der Waals surface area contributed by atoms with E-state index < -0.39 is 17.7 Å². The van der Waals surface area contributed by atoms with Gasteiger partial charge in [0, 0.05) is 49.6 Å². The normalized spacial score (nSPS) is 12.6. The Balaban J connectivity index is 1.75. The van der Waals surface area contributed by atoms with E-state index in [1.807, 2.05) is 60.8 Å². The average Bonchev–Trinajstić information content (AvgIpc) is 3.21. The second-order valence-corrected chi connectivity index (χ2v) is 8.43. The number of nitrogens with one attached hydrogen (secondary N) is 1. The number of carbonyl (C=O) groups excluding carboxylic acids is 1. The summed E-state index contributed by atoms with van der Waals surface area (Å²) < 4.78 is 46.6. The Hall–Kier alpha value is -3.58. The highest BCUT2D eigenvalue weighted by Gasteiger charge is 2.31. The van der Waals surface area contributed by atoms with Gasteiger partial charge in [0.2, 0.25) is 5.91 Å². The monoisotopic (exact) mass is 480 g/mol. The first kappa shape index (κ1) is 24.5. The first-order valence-electron chi connectivity index (χ1n) is 11.4. The molecule has 0 aliphatic rings. The van der Waals surface area contributed by atoms with Crippen molar-refractivity contribution in [3.05, 3.63) is 107 Å². The molecule has 182 valence electrons. The molecule has 0 radical (unpaired) electrons. The molecule has 4 rings (SSSR count). The van der Waals surface area contributed by atoms with Crippen molar-refractivity contribution < 1.29 is 22.7 Å². The summed E-state index contributed by atoms with van der Waals surface area (Å²) in [6.07, 6.45) is -2.30. The number of hydrogen-bond donors (Lipinski definition) is 1. The number of nitrogens with zero attached hydrogens (tertiary/aromatic N) is 1. The Morgan fingerprint density at radius 1 is 0.971 bits per heavy atom. The summed E-state index contributed by atoms with van der Waals surface area (Å²) in [4.78, 5) is 12.8. The Kier molecular flexibility index (Phi) is 7.56. The number of halogens is 3. The highest BCUT2D eigenvalue weighted by molar-refractivity contribution is 5.86. The molecule has 1 unspecified atom stereocenters. The van der Waals surface area contributed by atoms with Gasteiger partial charge in [-0.05, 0) is 34.9 Å². The molecular formula is C28H27F3N2O2. The summed E-state index contributed by atoms with van der Waals surface area (Å²) >= 11 is 0. The number of carbonyl (C=O) groups is 1. The molecule has 0 saturated heterocycles. The van der Waals surface area contributed by atoms with Crippen LogP contribution >= 0.6 is 0 Å². The SMILES string of the molecule is COCCNC(=O)CC(c1ccc(C(F)(F)F)cc1)c1cn(Cc2ccccc2)c2ccccc12. The number of rotatable bonds is 9. The lowest BCUT2D eigenvalue weighted by molar-refractivity contribution is -0.137. The second kappa shape index (κ2) is 10.8. The minimum atomic E-state index is -4.42. The summed E-state index contributed by atoms with van der Waals surface area (Å²) in [5.74, 6) is -0.603. The molecule has 0 fully saturated rings. The molecule has 4 nitrogen and oxygen atoms in total. The van der Waals surface area contributed by atoms with Crippen LogP contribution in [0.2, 0.25) is 0 Å². The molecule has 3 aromatic carbocycles. The van der Waals surface area contributed by atoms with Crippen LogP contribution in [0.15, 0.2) is 85.1 Å². The highest BCUT2D eigenvalue weighted by Crippen LogP contribution is 2.37. The van der Waals surface area contributed by atoms with E-state index >= 15 is 0 Å². The van der Waals surface area contributed by atoms with Crippen LogP contribution in [0.5, 0.6) is 0 Å². The maximum Gasteiger partial charge on any atom is 0.416 e. The van der Waals surface area contributed by atoms with Gasteiger partial charge in [0.1, 0.15) is 0 Å². The van der Waals surface area contributed by atoms with Crippen LogP contribution < -0.4 is 5.32 Å². The summed E-state index contributed by atoms with van der Waals surface area (Å²) in [5, 5.41) is 3.80. The van der Waals surface area contributed by atoms with Crippen LogP contribution in [0.1, 0.15) is 34.6 Å². The molecule has 1 heterocycles. The molecule has 0 saturated carbocycles. The Bertz CT molecular complexity index is 1270. The molecular weight excluding hydrogens is 453 g/mol. The van der Waals surface area contributed by atoms with E-state index in [-0.39, 0.29) is 12.3 Å². The number of hydrogen-bond acceptors (Lipinski definition) is 2. The van der Waals surface area contributed by atoms with E-state index in [0.29, 0.717) is 25.3 Å². The number of benzene rings is 3. The average molecular weight is 481 g/mol. The lowest BCUT2D eigenvalue weighted by Crippen LogP contribution is -2.28. The van der Waals surface area contributed by atoms with Crippen molar-refractivity contribution in [1.29, 1.82) is 0 Å². The topological polar surface area (TPSA) is 43.3 Å². The second-order valence-electron chi connectivity index (χ2n) is 8.43. The van der Waals surface area contributed by atoms with Gasteiger partial charge in [0.15, 0.2) is 0 Å². The lowest BCUT2D eigenvalue weighted by Gasteiger charge is -2.18. The molecule has 0 bridgehead atoms. The summed E-state index contributed by atoms with van der Waals surface area (Å²) in [7, 11) is 1.55. The fraction of sp³-hybridized carbons (Fsp3) is 0.250. The number of aromatic nitrogens is 1. The predicted octanol–water partition coefficient (Wildman–Crippen LogP) is 5.99. The van der Waals surface area contributed by atoms with Gasteiger partial charge in [-0.1, -0.05) is 60.7 Å². The van der Waals surface area contributed by atoms with Crippen molar-refractivity contribution in [3.63, 3.8) is 0 Å². The largest absolute Gasteiger partial charge is 0.416 e. The maximum atomic E-state index is 13.2. The van der Waals surface area contributed by atoms with Gasteiger partial charge in [-0.15, -0.1) is 0 Å². The number of para-hydroxylation sites is 1. The number of methoxy groups -OCH3 is 1. The van der Waals surface area contributed by atoms with E-state index in [9.17, 15) is 18.0 Å². The van der Waals surface area contributed by atoms with Crippen LogP contribution in [0.3, 0.4) is 0 Å². The Morgan fingerprint density at radius 3 is 2.34 bits per heavy atom. The van der Waals surface area contributed by atoms with Crippen LogP contribution in [0.25, 0.3) is 10.9 Å². The van der Waals surface area contributed by atoms with Crippen LogP contribution in [0, 0.1) is 0 Å². The molecule has 4 aromatic rings. The molecule has 0 spiro atoms. The number of amides is 1. The van der Waals surface area contributed by atoms with E-state index in [1.54, 1.807) is 7.11 Å². The van der Waals surface area contributed by atoms with Crippen molar-refractivity contribution in [1.82, 2.24) is 9.88 Å². The van der Waals surface area contributed by atoms with Crippen molar-refractivity contribution in [2.45, 2.75) is 25.1 Å². The third-order valence-corrected chi connectivity index (χ3v) is 6.05. The fourth-order valence-corrected chi connectivity index (χ4v) is 4.33. The summed E-state index contributed by atoms with van der Waals surface area (Å²) in [6, 6.07) is 23.0. The Morgan fingerprint density at radius 2 is 1.66 bits per heavy atom. The van der Waals surface area contributed by atoms with E-state index in [0.717, 1.165) is 34.2 Å². The molecule has 0 aliphatic heterocycles. The first-order chi connectivity index (χ1) is 16.9. The quantitative estimate of drug-likeness (QED) is 0.299. The van der Waals surface area contributed by atoms with Crippen molar-refractivity contribution in [2.24, 2.45) is 0 Å². The van der Waals surface area contributed by atoms with Crippen molar-refractivity contribution in [3.8, 4) is 0 Å². The zero-order valence-corrected chi connectivity index (χ0v) is 19.4. The smallest absolute Gasteiger partial charge is 0.383 e. The summed E-state index contributed by atoms with van der Waals surface area (Å²) in [6.45, 7) is 1.39. The van der Waals surface area contributed by atoms with Gasteiger partial charge in [0.05, 0.1) is 12.2 Å². The zero-order chi connectivity index (χ0) is 24.8. The molecule has 7 heteroatoms. The predicted molar refractivity (Wildman–Crippen MR) is 130 cm³/mol. The summed E-state index contributed by atoms with van der Waals surface area (Å²) in [5.41, 5.74) is 2.97. The van der Waals surface area contributed by atoms with Gasteiger partial charge >= 0.3 is 6.18 Å². The minimum Gasteiger partial charge on any atom is -0.383 e. The molecule has 1 atom stereocenters. The number of alkyl halides is 3. The van der Waals surface area contributed by atoms with Crippen molar-refractivity contribution >= 4 is 16.8 Å². The van der Waals surface area contributed by atoms with Crippen LogP contribution in [-0.4, -0.2) is 30.7 Å². The highest BCUT2D eigenvalue weighted by atomic mass is 19.4. The minimum absolute atomic E-state index is 0.106. The molecule has 1 aromatic heterocycles. The molecule has 0 aliphatic carbocycles. The van der Waals surface area contributed by atoms with Gasteiger partial charge in [-0.25, -0.2) is 0 Å². The standard InChI is InChI=1S/C28H27F3N2O2/c1-35-16-15-32-27(34)17-24(21-11-13-22(14-12-21)28(29,30)31)25-19-33(18-20-7-3-2-4-8-20)26-10-6-5-9-23(25)26/h2-14,19,24H,15-18H2,1H3,(H,32,34). The van der Waals surface area contributed by atoms with Gasteiger partial charge in [-0.2, -0.15) is 13.2 Å². The lowest BCUT2D eigenvalue weighted by atomic mass is 9.87. The van der Waals surface area contributed by atoms with Crippen LogP contribution in [0.4, 0.5) is 13.2 Å². The third kappa shape index (κ3) is 5.92. The third-order valence-electron chi connectivity index (χ3n) is 6.05. The Labute approximate surface area is 202 Å². The first-order valence-corrected chi connectivity index (χ1v) is 11.4. The van der Waals surface area contributed by atoms with Crippen LogP contribution in [-0.2, 0) is 22.3 Å². The molecule has 1 N–H and O–H groups in total. The van der Waals surface area contributed by atoms with Gasteiger partial charge in [0.25, 0.3) is 0 Å². The van der Waals surface area contributed by atoms with Crippen molar-refractivity contribution in [2.75, 3.05) is 20.3 Å². The molecule has 35 heavy (non-hydrogen) atoms. The number of ether oxygens (including phenoxy) is 1. The maximum absolute atomic E-state index is 13.2. The molecule has 1 amide bonds. The van der Waals surface area contributed by atoms with E-state index in [2.05, 4.69) is 9.88 Å².